The van der Waals surface area contributed by atoms with E-state index in [9.17, 15) is 4.79 Å². The van der Waals surface area contributed by atoms with Gasteiger partial charge >= 0.3 is 0 Å². The van der Waals surface area contributed by atoms with Gasteiger partial charge in [0.1, 0.15) is 11.5 Å². The van der Waals surface area contributed by atoms with Crippen LogP contribution in [0.3, 0.4) is 0 Å². The first-order valence-electron chi connectivity index (χ1n) is 7.78. The minimum atomic E-state index is -0.0833. The van der Waals surface area contributed by atoms with Crippen molar-refractivity contribution in [3.8, 4) is 11.5 Å². The maximum atomic E-state index is 12.4. The first-order valence-corrected chi connectivity index (χ1v) is 7.78. The molecule has 3 heteroatoms. The van der Waals surface area contributed by atoms with Crippen LogP contribution in [0.1, 0.15) is 10.4 Å². The quantitative estimate of drug-likeness (QED) is 0.495. The van der Waals surface area contributed by atoms with E-state index in [1.807, 2.05) is 73.6 Å². The third kappa shape index (κ3) is 3.63. The van der Waals surface area contributed by atoms with Crippen LogP contribution in [0.4, 0.5) is 0 Å². The summed E-state index contributed by atoms with van der Waals surface area (Å²) in [5.41, 5.74) is 0.545. The predicted octanol–water partition coefficient (Wildman–Crippen LogP) is 4.89. The van der Waals surface area contributed by atoms with Crippen LogP contribution in [-0.2, 0) is 0 Å². The van der Waals surface area contributed by atoms with Gasteiger partial charge in [-0.2, -0.15) is 0 Å². The van der Waals surface area contributed by atoms with Crippen molar-refractivity contribution in [3.63, 3.8) is 0 Å². The molecule has 120 valence electrons. The average Bonchev–Trinajstić information content (AvgIpc) is 2.60. The van der Waals surface area contributed by atoms with E-state index in [4.69, 9.17) is 4.74 Å². The van der Waals surface area contributed by atoms with Gasteiger partial charge in [-0.05, 0) is 35.0 Å². The summed E-state index contributed by atoms with van der Waals surface area (Å²) in [6.45, 7) is 0. The first-order chi connectivity index (χ1) is 11.6. The minimum absolute atomic E-state index is 0.0833. The van der Waals surface area contributed by atoms with E-state index in [-0.39, 0.29) is 5.78 Å². The summed E-state index contributed by atoms with van der Waals surface area (Å²) in [7, 11) is 3.75. The Hall–Kier alpha value is -3.07. The molecule has 0 spiro atoms. The van der Waals surface area contributed by atoms with Crippen molar-refractivity contribution in [3.05, 3.63) is 84.6 Å². The number of nitrogens with zero attached hydrogens (tertiary/aromatic N) is 1. The van der Waals surface area contributed by atoms with Crippen LogP contribution in [0.25, 0.3) is 10.8 Å². The highest BCUT2D eigenvalue weighted by Gasteiger charge is 2.10. The molecule has 0 aliphatic rings. The lowest BCUT2D eigenvalue weighted by atomic mass is 10.1. The molecule has 0 saturated heterocycles. The number of rotatable bonds is 5. The highest BCUT2D eigenvalue weighted by Crippen LogP contribution is 2.28. The van der Waals surface area contributed by atoms with Gasteiger partial charge in [0.25, 0.3) is 0 Å². The Kier molecular flexibility index (Phi) is 4.62. The lowest BCUT2D eigenvalue weighted by Gasteiger charge is -2.10. The Morgan fingerprint density at radius 1 is 0.917 bits per heavy atom. The van der Waals surface area contributed by atoms with Crippen LogP contribution in [0.2, 0.25) is 0 Å². The molecule has 0 atom stereocenters. The number of ketones is 1. The molecular weight excluding hydrogens is 298 g/mol. The van der Waals surface area contributed by atoms with Gasteiger partial charge in [0.05, 0.1) is 5.56 Å². The minimum Gasteiger partial charge on any atom is -0.457 e. The van der Waals surface area contributed by atoms with Crippen LogP contribution in [0.5, 0.6) is 11.5 Å². The highest BCUT2D eigenvalue weighted by molar-refractivity contribution is 6.06. The van der Waals surface area contributed by atoms with Crippen LogP contribution < -0.4 is 4.74 Å². The van der Waals surface area contributed by atoms with Gasteiger partial charge in [-0.3, -0.25) is 4.79 Å². The number of carbonyl (C=O) groups excluding carboxylic acids is 1. The zero-order valence-corrected chi connectivity index (χ0v) is 13.8. The Labute approximate surface area is 141 Å². The van der Waals surface area contributed by atoms with Crippen molar-refractivity contribution in [2.75, 3.05) is 14.1 Å². The smallest absolute Gasteiger partial charge is 0.191 e. The molecule has 0 aromatic heterocycles. The second-order valence-electron chi connectivity index (χ2n) is 5.75. The number of benzene rings is 3. The molecule has 0 aliphatic carbocycles. The Morgan fingerprint density at radius 2 is 1.62 bits per heavy atom. The fourth-order valence-corrected chi connectivity index (χ4v) is 2.42. The molecule has 0 bridgehead atoms. The van der Waals surface area contributed by atoms with Crippen molar-refractivity contribution in [1.29, 1.82) is 0 Å². The number of para-hydroxylation sites is 1. The first kappa shape index (κ1) is 15.8. The maximum Gasteiger partial charge on any atom is 0.191 e. The Balaban J connectivity index is 1.90. The van der Waals surface area contributed by atoms with Gasteiger partial charge in [0.2, 0.25) is 0 Å². The van der Waals surface area contributed by atoms with Crippen LogP contribution in [0, 0.1) is 0 Å². The number of fused-ring (bicyclic) bond motifs is 1. The molecule has 0 saturated carbocycles. The van der Waals surface area contributed by atoms with Crippen molar-refractivity contribution >= 4 is 16.6 Å². The topological polar surface area (TPSA) is 29.5 Å². The van der Waals surface area contributed by atoms with E-state index in [1.54, 1.807) is 18.3 Å². The SMILES string of the molecule is CN(C)/C=C/C(=O)c1ccccc1Oc1ccc2ccccc2c1. The summed E-state index contributed by atoms with van der Waals surface area (Å²) < 4.78 is 5.98. The second kappa shape index (κ2) is 7.01. The number of hydrogen-bond acceptors (Lipinski definition) is 3. The van der Waals surface area contributed by atoms with Gasteiger partial charge < -0.3 is 9.64 Å². The number of allylic oxidation sites excluding steroid dienone is 1. The predicted molar refractivity (Wildman–Crippen MR) is 97.6 cm³/mol. The van der Waals surface area contributed by atoms with Crippen molar-refractivity contribution in [2.45, 2.75) is 0 Å². The van der Waals surface area contributed by atoms with E-state index < -0.39 is 0 Å². The Morgan fingerprint density at radius 3 is 2.42 bits per heavy atom. The van der Waals surface area contributed by atoms with E-state index in [2.05, 4.69) is 6.07 Å². The summed E-state index contributed by atoms with van der Waals surface area (Å²) in [5, 5.41) is 2.26. The third-order valence-electron chi connectivity index (χ3n) is 3.63. The molecule has 3 aromatic carbocycles. The standard InChI is InChI=1S/C21H19NO2/c1-22(2)14-13-20(23)19-9-5-6-10-21(19)24-18-12-11-16-7-3-4-8-17(16)15-18/h3-15H,1-2H3/b14-13+. The maximum absolute atomic E-state index is 12.4. The summed E-state index contributed by atoms with van der Waals surface area (Å²) >= 11 is 0. The van der Waals surface area contributed by atoms with Crippen molar-refractivity contribution in [1.82, 2.24) is 4.90 Å². The molecule has 3 rings (SSSR count). The van der Waals surface area contributed by atoms with Gasteiger partial charge in [-0.25, -0.2) is 0 Å². The molecule has 0 amide bonds. The van der Waals surface area contributed by atoms with Gasteiger partial charge in [-0.15, -0.1) is 0 Å². The monoisotopic (exact) mass is 317 g/mol. The van der Waals surface area contributed by atoms with Crippen LogP contribution in [-0.4, -0.2) is 24.8 Å². The number of carbonyl (C=O) groups is 1. The molecule has 0 N–H and O–H groups in total. The van der Waals surface area contributed by atoms with Gasteiger partial charge in [0, 0.05) is 26.4 Å². The van der Waals surface area contributed by atoms with E-state index >= 15 is 0 Å². The van der Waals surface area contributed by atoms with E-state index in [1.165, 1.54) is 0 Å². The molecule has 3 nitrogen and oxygen atoms in total. The van der Waals surface area contributed by atoms with E-state index in [0.29, 0.717) is 17.1 Å². The molecule has 0 aliphatic heterocycles. The number of ether oxygens (including phenoxy) is 1. The van der Waals surface area contributed by atoms with Gasteiger partial charge in [0.15, 0.2) is 5.78 Å². The Bertz CT molecular complexity index is 897. The summed E-state index contributed by atoms with van der Waals surface area (Å²) in [5.74, 6) is 1.19. The average molecular weight is 317 g/mol. The number of hydrogen-bond donors (Lipinski definition) is 0. The molecular formula is C21H19NO2. The second-order valence-corrected chi connectivity index (χ2v) is 5.75. The normalized spacial score (nSPS) is 10.9. The fraction of sp³-hybridized carbons (Fsp3) is 0.0952. The molecule has 24 heavy (non-hydrogen) atoms. The molecule has 0 unspecified atom stereocenters. The van der Waals surface area contributed by atoms with Crippen molar-refractivity contribution < 1.29 is 9.53 Å². The summed E-state index contributed by atoms with van der Waals surface area (Å²) in [6, 6.07) is 21.3. The van der Waals surface area contributed by atoms with Gasteiger partial charge in [-0.1, -0.05) is 42.5 Å². The molecule has 0 heterocycles. The zero-order chi connectivity index (χ0) is 16.9. The van der Waals surface area contributed by atoms with Crippen molar-refractivity contribution in [2.24, 2.45) is 0 Å². The molecule has 3 aromatic rings. The summed E-state index contributed by atoms with van der Waals surface area (Å²) in [6.07, 6.45) is 3.28. The lowest BCUT2D eigenvalue weighted by molar-refractivity contribution is 0.104. The lowest BCUT2D eigenvalue weighted by Crippen LogP contribution is -2.04. The van der Waals surface area contributed by atoms with Crippen LogP contribution >= 0.6 is 0 Å². The summed E-state index contributed by atoms with van der Waals surface area (Å²) in [4.78, 5) is 14.2. The molecule has 0 radical (unpaired) electrons. The van der Waals surface area contributed by atoms with E-state index in [0.717, 1.165) is 10.8 Å². The largest absolute Gasteiger partial charge is 0.457 e. The third-order valence-corrected chi connectivity index (χ3v) is 3.63. The fourth-order valence-electron chi connectivity index (χ4n) is 2.42. The van der Waals surface area contributed by atoms with Crippen LogP contribution in [0.15, 0.2) is 79.0 Å². The highest BCUT2D eigenvalue weighted by atomic mass is 16.5. The molecule has 0 fully saturated rings. The zero-order valence-electron chi connectivity index (χ0n) is 13.8.